The molecule has 0 unspecified atom stereocenters. The lowest BCUT2D eigenvalue weighted by molar-refractivity contribution is -0.117. The van der Waals surface area contributed by atoms with Crippen LogP contribution in [-0.4, -0.2) is 46.2 Å². The van der Waals surface area contributed by atoms with Crippen molar-refractivity contribution in [3.8, 4) is 5.75 Å². The Balaban J connectivity index is 1.66. The molecule has 31 heavy (non-hydrogen) atoms. The number of amides is 2. The van der Waals surface area contributed by atoms with Gasteiger partial charge < -0.3 is 15.0 Å². The number of nitrogens with zero attached hydrogens (tertiary/aromatic N) is 2. The molecular formula is C22H27N3O5S. The van der Waals surface area contributed by atoms with Crippen LogP contribution in [0.1, 0.15) is 26.2 Å². The SMILES string of the molecule is CCCOc1ccc(N(CC(=O)Nc2ccc(N3CCCC3=O)cc2)S(C)(=O)=O)cc1. The molecule has 1 saturated heterocycles. The molecule has 0 bridgehead atoms. The first-order valence-electron chi connectivity index (χ1n) is 10.2. The number of nitrogens with one attached hydrogen (secondary N) is 1. The summed E-state index contributed by atoms with van der Waals surface area (Å²) in [5.41, 5.74) is 1.69. The second-order valence-electron chi connectivity index (χ2n) is 7.36. The molecule has 2 aromatic rings. The zero-order valence-corrected chi connectivity index (χ0v) is 18.5. The first-order chi connectivity index (χ1) is 14.8. The molecule has 8 nitrogen and oxygen atoms in total. The Labute approximate surface area is 182 Å². The fraction of sp³-hybridized carbons (Fsp3) is 0.364. The van der Waals surface area contributed by atoms with Crippen molar-refractivity contribution < 1.29 is 22.7 Å². The average Bonchev–Trinajstić information content (AvgIpc) is 3.16. The van der Waals surface area contributed by atoms with Gasteiger partial charge in [0.1, 0.15) is 12.3 Å². The van der Waals surface area contributed by atoms with E-state index < -0.39 is 15.9 Å². The highest BCUT2D eigenvalue weighted by Crippen LogP contribution is 2.24. The molecule has 9 heteroatoms. The molecule has 0 atom stereocenters. The average molecular weight is 446 g/mol. The first kappa shape index (κ1) is 22.6. The molecule has 0 radical (unpaired) electrons. The summed E-state index contributed by atoms with van der Waals surface area (Å²) in [5.74, 6) is 0.258. The lowest BCUT2D eigenvalue weighted by atomic mass is 10.2. The van der Waals surface area contributed by atoms with Crippen molar-refractivity contribution in [2.45, 2.75) is 26.2 Å². The Morgan fingerprint density at radius 2 is 1.81 bits per heavy atom. The molecule has 1 aliphatic rings. The Kier molecular flexibility index (Phi) is 7.17. The highest BCUT2D eigenvalue weighted by atomic mass is 32.2. The number of hydrogen-bond acceptors (Lipinski definition) is 5. The molecule has 0 saturated carbocycles. The van der Waals surface area contributed by atoms with Gasteiger partial charge in [-0.3, -0.25) is 13.9 Å². The summed E-state index contributed by atoms with van der Waals surface area (Å²) >= 11 is 0. The van der Waals surface area contributed by atoms with E-state index in [0.717, 1.165) is 29.1 Å². The summed E-state index contributed by atoms with van der Waals surface area (Å²) in [7, 11) is -3.67. The maximum atomic E-state index is 12.5. The van der Waals surface area contributed by atoms with Gasteiger partial charge in [0.25, 0.3) is 0 Å². The van der Waals surface area contributed by atoms with Crippen LogP contribution < -0.4 is 19.3 Å². The Bertz CT molecular complexity index is 1020. The number of ether oxygens (including phenoxy) is 1. The quantitative estimate of drug-likeness (QED) is 0.640. The van der Waals surface area contributed by atoms with Crippen LogP contribution in [0.3, 0.4) is 0 Å². The van der Waals surface area contributed by atoms with E-state index in [1.807, 2.05) is 6.92 Å². The molecule has 0 aromatic heterocycles. The smallest absolute Gasteiger partial charge is 0.245 e. The second kappa shape index (κ2) is 9.82. The third-order valence-electron chi connectivity index (χ3n) is 4.82. The van der Waals surface area contributed by atoms with E-state index in [4.69, 9.17) is 4.74 Å². The van der Waals surface area contributed by atoms with E-state index >= 15 is 0 Å². The van der Waals surface area contributed by atoms with E-state index in [0.29, 0.717) is 36.7 Å². The van der Waals surface area contributed by atoms with E-state index in [2.05, 4.69) is 5.32 Å². The van der Waals surface area contributed by atoms with Crippen LogP contribution in [0.15, 0.2) is 48.5 Å². The summed E-state index contributed by atoms with van der Waals surface area (Å²) < 4.78 is 31.1. The predicted molar refractivity (Wildman–Crippen MR) is 121 cm³/mol. The second-order valence-corrected chi connectivity index (χ2v) is 9.26. The van der Waals surface area contributed by atoms with Crippen LogP contribution in [0.2, 0.25) is 0 Å². The van der Waals surface area contributed by atoms with Crippen molar-refractivity contribution in [1.82, 2.24) is 0 Å². The summed E-state index contributed by atoms with van der Waals surface area (Å²) in [4.78, 5) is 26.1. The minimum absolute atomic E-state index is 0.0895. The van der Waals surface area contributed by atoms with Crippen LogP contribution >= 0.6 is 0 Å². The number of hydrogen-bond donors (Lipinski definition) is 1. The maximum Gasteiger partial charge on any atom is 0.245 e. The number of carbonyl (C=O) groups excluding carboxylic acids is 2. The Hall–Kier alpha value is -3.07. The Morgan fingerprint density at radius 3 is 2.35 bits per heavy atom. The van der Waals surface area contributed by atoms with Crippen molar-refractivity contribution >= 4 is 38.9 Å². The van der Waals surface area contributed by atoms with Gasteiger partial charge in [0.15, 0.2) is 0 Å². The molecule has 1 aliphatic heterocycles. The summed E-state index contributed by atoms with van der Waals surface area (Å²) in [6.07, 6.45) is 3.31. The minimum atomic E-state index is -3.67. The van der Waals surface area contributed by atoms with Crippen LogP contribution in [0, 0.1) is 0 Å². The molecular weight excluding hydrogens is 418 g/mol. The van der Waals surface area contributed by atoms with Gasteiger partial charge in [0.05, 0.1) is 18.6 Å². The number of anilines is 3. The molecule has 0 aliphatic carbocycles. The lowest BCUT2D eigenvalue weighted by Gasteiger charge is -2.22. The number of carbonyl (C=O) groups is 2. The van der Waals surface area contributed by atoms with Gasteiger partial charge in [0.2, 0.25) is 21.8 Å². The van der Waals surface area contributed by atoms with E-state index in [1.54, 1.807) is 53.4 Å². The van der Waals surface area contributed by atoms with Gasteiger partial charge in [-0.1, -0.05) is 6.92 Å². The number of rotatable bonds is 9. The number of sulfonamides is 1. The summed E-state index contributed by atoms with van der Waals surface area (Å²) in [5, 5.41) is 2.71. The molecule has 3 rings (SSSR count). The summed E-state index contributed by atoms with van der Waals surface area (Å²) in [6, 6.07) is 13.5. The van der Waals surface area contributed by atoms with E-state index in [1.165, 1.54) is 0 Å². The third-order valence-corrected chi connectivity index (χ3v) is 5.96. The predicted octanol–water partition coefficient (Wildman–Crippen LogP) is 3.01. The first-order valence-corrected chi connectivity index (χ1v) is 12.0. The lowest BCUT2D eigenvalue weighted by Crippen LogP contribution is -2.37. The van der Waals surface area contributed by atoms with Crippen LogP contribution in [-0.2, 0) is 19.6 Å². The topological polar surface area (TPSA) is 96.0 Å². The van der Waals surface area contributed by atoms with Crippen molar-refractivity contribution in [3.05, 3.63) is 48.5 Å². The van der Waals surface area contributed by atoms with E-state index in [-0.39, 0.29) is 12.5 Å². The highest BCUT2D eigenvalue weighted by Gasteiger charge is 2.23. The van der Waals surface area contributed by atoms with Gasteiger partial charge in [-0.05, 0) is 61.4 Å². The van der Waals surface area contributed by atoms with Crippen molar-refractivity contribution in [2.75, 3.05) is 40.5 Å². The summed E-state index contributed by atoms with van der Waals surface area (Å²) in [6.45, 7) is 2.90. The minimum Gasteiger partial charge on any atom is -0.494 e. The molecule has 2 amide bonds. The molecule has 166 valence electrons. The fourth-order valence-corrected chi connectivity index (χ4v) is 4.16. The highest BCUT2D eigenvalue weighted by molar-refractivity contribution is 7.92. The van der Waals surface area contributed by atoms with Gasteiger partial charge in [-0.25, -0.2) is 8.42 Å². The standard InChI is InChI=1S/C22H27N3O5S/c1-3-15-30-20-12-10-19(11-13-20)25(31(2,28)29)16-21(26)23-17-6-8-18(9-7-17)24-14-4-5-22(24)27/h6-13H,3-5,14-16H2,1-2H3,(H,23,26). The normalized spacial score (nSPS) is 13.9. The molecule has 1 heterocycles. The van der Waals surface area contributed by atoms with Crippen LogP contribution in [0.4, 0.5) is 17.1 Å². The maximum absolute atomic E-state index is 12.5. The number of benzene rings is 2. The van der Waals surface area contributed by atoms with Gasteiger partial charge in [-0.2, -0.15) is 0 Å². The van der Waals surface area contributed by atoms with Gasteiger partial charge in [-0.15, -0.1) is 0 Å². The largest absolute Gasteiger partial charge is 0.494 e. The van der Waals surface area contributed by atoms with E-state index in [9.17, 15) is 18.0 Å². The van der Waals surface area contributed by atoms with Crippen LogP contribution in [0.25, 0.3) is 0 Å². The van der Waals surface area contributed by atoms with Gasteiger partial charge in [0, 0.05) is 24.3 Å². The fourth-order valence-electron chi connectivity index (χ4n) is 3.31. The molecule has 1 fully saturated rings. The Morgan fingerprint density at radius 1 is 1.13 bits per heavy atom. The van der Waals surface area contributed by atoms with Crippen molar-refractivity contribution in [3.63, 3.8) is 0 Å². The molecule has 2 aromatic carbocycles. The third kappa shape index (κ3) is 5.97. The molecule has 0 spiro atoms. The zero-order chi connectivity index (χ0) is 22.4. The zero-order valence-electron chi connectivity index (χ0n) is 17.7. The molecule has 1 N–H and O–H groups in total. The van der Waals surface area contributed by atoms with Crippen LogP contribution in [0.5, 0.6) is 5.75 Å². The monoisotopic (exact) mass is 445 g/mol. The van der Waals surface area contributed by atoms with Crippen molar-refractivity contribution in [1.29, 1.82) is 0 Å². The van der Waals surface area contributed by atoms with Crippen molar-refractivity contribution in [2.24, 2.45) is 0 Å². The van der Waals surface area contributed by atoms with Gasteiger partial charge >= 0.3 is 0 Å².